The Hall–Kier alpha value is -2.24. The lowest BCUT2D eigenvalue weighted by molar-refractivity contribution is 0.0504. The molecule has 18 heavy (non-hydrogen) atoms. The number of hydrogen-bond acceptors (Lipinski definition) is 6. The lowest BCUT2D eigenvalue weighted by atomic mass is 10.1. The van der Waals surface area contributed by atoms with Crippen molar-refractivity contribution in [3.05, 3.63) is 23.3 Å². The van der Waals surface area contributed by atoms with Gasteiger partial charge in [-0.25, -0.2) is 9.59 Å². The van der Waals surface area contributed by atoms with Crippen molar-refractivity contribution >= 4 is 11.9 Å². The molecule has 2 N–H and O–H groups in total. The molecular weight excluding hydrogens is 240 g/mol. The van der Waals surface area contributed by atoms with Crippen LogP contribution >= 0.6 is 0 Å². The summed E-state index contributed by atoms with van der Waals surface area (Å²) in [6.07, 6.45) is 0. The number of phenols is 2. The zero-order chi connectivity index (χ0) is 13.7. The Kier molecular flexibility index (Phi) is 4.53. The maximum Gasteiger partial charge on any atom is 0.342 e. The van der Waals surface area contributed by atoms with Crippen LogP contribution in [0.3, 0.4) is 0 Å². The maximum atomic E-state index is 11.4. The van der Waals surface area contributed by atoms with Gasteiger partial charge < -0.3 is 19.7 Å². The number of hydrogen-bond donors (Lipinski definition) is 2. The van der Waals surface area contributed by atoms with Crippen molar-refractivity contribution in [2.24, 2.45) is 0 Å². The summed E-state index contributed by atoms with van der Waals surface area (Å²) in [4.78, 5) is 22.8. The van der Waals surface area contributed by atoms with Crippen molar-refractivity contribution in [1.29, 1.82) is 0 Å². The summed E-state index contributed by atoms with van der Waals surface area (Å²) in [5.41, 5.74) is -0.412. The molecule has 0 spiro atoms. The molecule has 6 nitrogen and oxygen atoms in total. The predicted octanol–water partition coefficient (Wildman–Crippen LogP) is 1.45. The highest BCUT2D eigenvalue weighted by atomic mass is 16.5. The fourth-order valence-electron chi connectivity index (χ4n) is 1.33. The molecule has 1 aromatic carbocycles. The summed E-state index contributed by atoms with van der Waals surface area (Å²) in [5.74, 6) is -2.94. The standard InChI is InChI=1S/C12H14O6/c1-3-17-11(15)7-5-6-8(10(14)9(7)13)12(16)18-4-2/h5-6,13-14H,3-4H2,1-2H3. The number of aromatic hydroxyl groups is 2. The summed E-state index contributed by atoms with van der Waals surface area (Å²) < 4.78 is 9.37. The number of rotatable bonds is 4. The van der Waals surface area contributed by atoms with Crippen LogP contribution in [0.25, 0.3) is 0 Å². The molecule has 0 bridgehead atoms. The van der Waals surface area contributed by atoms with Gasteiger partial charge in [-0.3, -0.25) is 0 Å². The summed E-state index contributed by atoms with van der Waals surface area (Å²) in [5, 5.41) is 19.3. The number of benzene rings is 1. The zero-order valence-corrected chi connectivity index (χ0v) is 10.1. The first-order valence-electron chi connectivity index (χ1n) is 5.42. The van der Waals surface area contributed by atoms with Crippen LogP contribution < -0.4 is 0 Å². The molecule has 0 fully saturated rings. The Morgan fingerprint density at radius 1 is 0.944 bits per heavy atom. The molecule has 0 aromatic heterocycles. The van der Waals surface area contributed by atoms with Gasteiger partial charge in [0.2, 0.25) is 0 Å². The van der Waals surface area contributed by atoms with E-state index in [4.69, 9.17) is 0 Å². The lowest BCUT2D eigenvalue weighted by Gasteiger charge is -2.09. The normalized spacial score (nSPS) is 9.89. The van der Waals surface area contributed by atoms with E-state index in [0.29, 0.717) is 0 Å². The highest BCUT2D eigenvalue weighted by molar-refractivity contribution is 5.99. The molecule has 98 valence electrons. The van der Waals surface area contributed by atoms with Gasteiger partial charge in [-0.2, -0.15) is 0 Å². The van der Waals surface area contributed by atoms with Crippen LogP contribution in [0.4, 0.5) is 0 Å². The number of phenolic OH excluding ortho intramolecular Hbond substituents is 2. The monoisotopic (exact) mass is 254 g/mol. The molecule has 0 radical (unpaired) electrons. The van der Waals surface area contributed by atoms with Crippen LogP contribution in [0.5, 0.6) is 11.5 Å². The van der Waals surface area contributed by atoms with Crippen molar-refractivity contribution in [2.45, 2.75) is 13.8 Å². The topological polar surface area (TPSA) is 93.1 Å². The Morgan fingerprint density at radius 3 is 1.56 bits per heavy atom. The van der Waals surface area contributed by atoms with Crippen LogP contribution in [-0.4, -0.2) is 35.4 Å². The van der Waals surface area contributed by atoms with E-state index < -0.39 is 23.4 Å². The molecule has 1 aromatic rings. The van der Waals surface area contributed by atoms with Gasteiger partial charge in [0.1, 0.15) is 11.1 Å². The SMILES string of the molecule is CCOC(=O)c1ccc(C(=O)OCC)c(O)c1O. The Morgan fingerprint density at radius 2 is 1.28 bits per heavy atom. The van der Waals surface area contributed by atoms with Crippen LogP contribution in [-0.2, 0) is 9.47 Å². The molecule has 0 amide bonds. The van der Waals surface area contributed by atoms with Crippen LogP contribution in [0.1, 0.15) is 34.6 Å². The molecule has 0 unspecified atom stereocenters. The quantitative estimate of drug-likeness (QED) is 0.624. The number of ether oxygens (including phenoxy) is 2. The summed E-state index contributed by atoms with van der Waals surface area (Å²) >= 11 is 0. The van der Waals surface area contributed by atoms with Crippen LogP contribution in [0.2, 0.25) is 0 Å². The Bertz CT molecular complexity index is 423. The summed E-state index contributed by atoms with van der Waals surface area (Å²) in [7, 11) is 0. The fraction of sp³-hybridized carbons (Fsp3) is 0.333. The van der Waals surface area contributed by atoms with Crippen LogP contribution in [0.15, 0.2) is 12.1 Å². The number of carbonyl (C=O) groups is 2. The van der Waals surface area contributed by atoms with Gasteiger partial charge in [0.15, 0.2) is 11.5 Å². The van der Waals surface area contributed by atoms with Crippen molar-refractivity contribution in [2.75, 3.05) is 13.2 Å². The third-order valence-corrected chi connectivity index (χ3v) is 2.14. The molecule has 0 saturated carbocycles. The third-order valence-electron chi connectivity index (χ3n) is 2.14. The first kappa shape index (κ1) is 13.8. The smallest absolute Gasteiger partial charge is 0.342 e. The third kappa shape index (κ3) is 2.71. The molecule has 0 aliphatic heterocycles. The van der Waals surface area contributed by atoms with Gasteiger partial charge >= 0.3 is 11.9 Å². The molecular formula is C12H14O6. The number of carbonyl (C=O) groups excluding carboxylic acids is 2. The summed E-state index contributed by atoms with van der Waals surface area (Å²) in [6.45, 7) is 3.50. The minimum atomic E-state index is -0.777. The van der Waals surface area contributed by atoms with Gasteiger partial charge in [0, 0.05) is 0 Å². The molecule has 0 atom stereocenters. The lowest BCUT2D eigenvalue weighted by Crippen LogP contribution is -2.08. The minimum Gasteiger partial charge on any atom is -0.504 e. The highest BCUT2D eigenvalue weighted by Gasteiger charge is 2.22. The van der Waals surface area contributed by atoms with E-state index in [0.717, 1.165) is 0 Å². The van der Waals surface area contributed by atoms with Crippen molar-refractivity contribution in [3.63, 3.8) is 0 Å². The molecule has 0 aliphatic rings. The maximum absolute atomic E-state index is 11.4. The second-order valence-corrected chi connectivity index (χ2v) is 3.30. The largest absolute Gasteiger partial charge is 0.504 e. The van der Waals surface area contributed by atoms with E-state index in [9.17, 15) is 19.8 Å². The molecule has 0 saturated heterocycles. The summed E-state index contributed by atoms with van der Waals surface area (Å²) in [6, 6.07) is 2.39. The van der Waals surface area contributed by atoms with E-state index in [1.54, 1.807) is 13.8 Å². The second kappa shape index (κ2) is 5.90. The highest BCUT2D eigenvalue weighted by Crippen LogP contribution is 2.33. The van der Waals surface area contributed by atoms with Gasteiger partial charge in [-0.05, 0) is 26.0 Å². The van der Waals surface area contributed by atoms with Crippen molar-refractivity contribution in [3.8, 4) is 11.5 Å². The van der Waals surface area contributed by atoms with E-state index in [-0.39, 0.29) is 24.3 Å². The zero-order valence-electron chi connectivity index (χ0n) is 10.1. The second-order valence-electron chi connectivity index (χ2n) is 3.30. The molecule has 0 aliphatic carbocycles. The number of esters is 2. The van der Waals surface area contributed by atoms with E-state index in [1.807, 2.05) is 0 Å². The molecule has 1 rings (SSSR count). The Balaban J connectivity index is 3.12. The first-order chi connectivity index (χ1) is 8.52. The average Bonchev–Trinajstić information content (AvgIpc) is 2.33. The average molecular weight is 254 g/mol. The van der Waals surface area contributed by atoms with E-state index >= 15 is 0 Å². The van der Waals surface area contributed by atoms with E-state index in [1.165, 1.54) is 12.1 Å². The van der Waals surface area contributed by atoms with Gasteiger partial charge in [0.25, 0.3) is 0 Å². The molecule has 6 heteroatoms. The van der Waals surface area contributed by atoms with Gasteiger partial charge in [-0.15, -0.1) is 0 Å². The van der Waals surface area contributed by atoms with E-state index in [2.05, 4.69) is 9.47 Å². The Labute approximate surface area is 104 Å². The van der Waals surface area contributed by atoms with Crippen molar-refractivity contribution < 1.29 is 29.3 Å². The first-order valence-corrected chi connectivity index (χ1v) is 5.42. The molecule has 0 heterocycles. The van der Waals surface area contributed by atoms with Crippen LogP contribution in [0, 0.1) is 0 Å². The predicted molar refractivity (Wildman–Crippen MR) is 61.7 cm³/mol. The van der Waals surface area contributed by atoms with Gasteiger partial charge in [-0.1, -0.05) is 0 Å². The minimum absolute atomic E-state index is 0.138. The van der Waals surface area contributed by atoms with Gasteiger partial charge in [0.05, 0.1) is 13.2 Å². The van der Waals surface area contributed by atoms with Crippen molar-refractivity contribution in [1.82, 2.24) is 0 Å². The fourth-order valence-corrected chi connectivity index (χ4v) is 1.33.